The highest BCUT2D eigenvalue weighted by atomic mass is 16.6. The van der Waals surface area contributed by atoms with Crippen LogP contribution in [0.15, 0.2) is 54.1 Å². The Morgan fingerprint density at radius 2 is 1.59 bits per heavy atom. The summed E-state index contributed by atoms with van der Waals surface area (Å²) in [5, 5.41) is 0. The van der Waals surface area contributed by atoms with Crippen LogP contribution in [0.25, 0.3) is 0 Å². The number of hydrogen-bond acceptors (Lipinski definition) is 8. The molecule has 0 saturated heterocycles. The van der Waals surface area contributed by atoms with Crippen LogP contribution in [-0.2, 0) is 33.4 Å². The Morgan fingerprint density at radius 1 is 0.949 bits per heavy atom. The van der Waals surface area contributed by atoms with E-state index < -0.39 is 53.0 Å². The minimum Gasteiger partial charge on any atom is -0.458 e. The Morgan fingerprint density at radius 3 is 2.18 bits per heavy atom. The molecule has 0 radical (unpaired) electrons. The number of hydrogen-bond donors (Lipinski definition) is 0. The van der Waals surface area contributed by atoms with Crippen molar-refractivity contribution in [3.05, 3.63) is 59.7 Å². The molecule has 0 N–H and O–H groups in total. The Balaban J connectivity index is 2.21. The second kappa shape index (κ2) is 11.7. The molecule has 8 nitrogen and oxygen atoms in total. The monoisotopic (exact) mass is 538 g/mol. The maximum Gasteiger partial charge on any atom is 0.338 e. The second-order valence-corrected chi connectivity index (χ2v) is 11.3. The van der Waals surface area contributed by atoms with E-state index in [1.165, 1.54) is 13.8 Å². The van der Waals surface area contributed by atoms with Crippen LogP contribution in [0.3, 0.4) is 0 Å². The van der Waals surface area contributed by atoms with Crippen LogP contribution in [0.2, 0.25) is 0 Å². The van der Waals surface area contributed by atoms with Gasteiger partial charge in [-0.2, -0.15) is 0 Å². The summed E-state index contributed by atoms with van der Waals surface area (Å²) in [7, 11) is 0. The zero-order valence-electron chi connectivity index (χ0n) is 23.7. The molecule has 2 aliphatic carbocycles. The molecule has 1 aromatic carbocycles. The van der Waals surface area contributed by atoms with Crippen LogP contribution in [0.1, 0.15) is 71.7 Å². The predicted molar refractivity (Wildman–Crippen MR) is 143 cm³/mol. The summed E-state index contributed by atoms with van der Waals surface area (Å²) in [6.07, 6.45) is 3.30. The van der Waals surface area contributed by atoms with Gasteiger partial charge < -0.3 is 14.2 Å². The lowest BCUT2D eigenvalue weighted by Gasteiger charge is -2.36. The van der Waals surface area contributed by atoms with Gasteiger partial charge in [0.1, 0.15) is 18.0 Å². The number of benzene rings is 1. The number of esters is 3. The fourth-order valence-electron chi connectivity index (χ4n) is 5.48. The first kappa shape index (κ1) is 30.0. The van der Waals surface area contributed by atoms with Gasteiger partial charge in [0.15, 0.2) is 11.4 Å². The van der Waals surface area contributed by atoms with Gasteiger partial charge in [0.25, 0.3) is 0 Å². The van der Waals surface area contributed by atoms with Gasteiger partial charge in [0.05, 0.1) is 11.5 Å². The summed E-state index contributed by atoms with van der Waals surface area (Å²) < 4.78 is 17.4. The van der Waals surface area contributed by atoms with E-state index in [4.69, 9.17) is 14.2 Å². The van der Waals surface area contributed by atoms with E-state index in [1.54, 1.807) is 76.3 Å². The molecular weight excluding hydrogens is 500 g/mol. The van der Waals surface area contributed by atoms with E-state index in [-0.39, 0.29) is 30.3 Å². The number of fused-ring (bicyclic) bond motifs is 1. The van der Waals surface area contributed by atoms with Crippen molar-refractivity contribution in [2.45, 2.75) is 79.1 Å². The summed E-state index contributed by atoms with van der Waals surface area (Å²) in [5.41, 5.74) is -1.73. The first-order valence-corrected chi connectivity index (χ1v) is 13.3. The van der Waals surface area contributed by atoms with Crippen molar-refractivity contribution in [3.8, 4) is 0 Å². The topological polar surface area (TPSA) is 113 Å². The van der Waals surface area contributed by atoms with E-state index >= 15 is 0 Å². The molecule has 210 valence electrons. The van der Waals surface area contributed by atoms with Crippen LogP contribution in [0, 0.1) is 23.2 Å². The maximum atomic E-state index is 14.1. The molecule has 39 heavy (non-hydrogen) atoms. The first-order chi connectivity index (χ1) is 18.2. The van der Waals surface area contributed by atoms with Gasteiger partial charge in [0, 0.05) is 38.0 Å². The standard InChI is InChI=1S/C31H38O8/c1-18-13-14-30(6,7)26(34)16-25(37-21(4)32)19(2)15-24-27(38-29(36)23-11-9-8-10-12-23)20(3)17-31(24,28(18)35)39-22(5)33/h8-15,18,20,24-25,27H,16-17H2,1-7H3/b14-13-,19-15-/t18-,20-,24+,25-,27+,31-/m1/s1. The van der Waals surface area contributed by atoms with Gasteiger partial charge in [-0.1, -0.05) is 50.3 Å². The van der Waals surface area contributed by atoms with Gasteiger partial charge in [-0.3, -0.25) is 19.2 Å². The second-order valence-electron chi connectivity index (χ2n) is 11.3. The van der Waals surface area contributed by atoms with E-state index in [9.17, 15) is 24.0 Å². The largest absolute Gasteiger partial charge is 0.458 e. The third-order valence-electron chi connectivity index (χ3n) is 7.64. The zero-order chi connectivity index (χ0) is 29.1. The summed E-state index contributed by atoms with van der Waals surface area (Å²) >= 11 is 0. The van der Waals surface area contributed by atoms with E-state index in [0.717, 1.165) is 0 Å². The molecule has 2 aliphatic rings. The average molecular weight is 539 g/mol. The quantitative estimate of drug-likeness (QED) is 0.305. The third kappa shape index (κ3) is 6.54. The summed E-state index contributed by atoms with van der Waals surface area (Å²) in [6.45, 7) is 11.2. The lowest BCUT2D eigenvalue weighted by Crippen LogP contribution is -2.50. The number of ether oxygens (including phenoxy) is 3. The summed E-state index contributed by atoms with van der Waals surface area (Å²) in [4.78, 5) is 64.9. The van der Waals surface area contributed by atoms with Crippen LogP contribution in [0.5, 0.6) is 0 Å². The molecule has 0 heterocycles. The molecule has 6 atom stereocenters. The third-order valence-corrected chi connectivity index (χ3v) is 7.64. The lowest BCUT2D eigenvalue weighted by molar-refractivity contribution is -0.171. The minimum absolute atomic E-state index is 0.0844. The number of ketones is 2. The fourth-order valence-corrected chi connectivity index (χ4v) is 5.48. The summed E-state index contributed by atoms with van der Waals surface area (Å²) in [6, 6.07) is 8.48. The SMILES string of the molecule is CC(=O)O[C@@H]1CC(=O)C(C)(C)/C=C\[C@@H](C)C(=O)[C@@]2(OC(C)=O)C[C@@H](C)[C@H](OC(=O)c3ccccc3)[C@@H]2/C=C\1C. The minimum atomic E-state index is -1.63. The highest BCUT2D eigenvalue weighted by Gasteiger charge is 2.60. The van der Waals surface area contributed by atoms with E-state index in [0.29, 0.717) is 11.1 Å². The number of rotatable bonds is 4. The molecule has 0 aromatic heterocycles. The molecule has 0 bridgehead atoms. The molecule has 0 unspecified atom stereocenters. The Labute approximate surface area is 229 Å². The molecule has 1 aromatic rings. The van der Waals surface area contributed by atoms with E-state index in [1.807, 2.05) is 6.92 Å². The van der Waals surface area contributed by atoms with Crippen molar-refractivity contribution in [2.24, 2.45) is 23.2 Å². The van der Waals surface area contributed by atoms with Gasteiger partial charge in [-0.05, 0) is 44.4 Å². The van der Waals surface area contributed by atoms with Gasteiger partial charge in [-0.25, -0.2) is 4.79 Å². The van der Waals surface area contributed by atoms with Gasteiger partial charge in [-0.15, -0.1) is 0 Å². The number of allylic oxidation sites excluding steroid dienone is 2. The average Bonchev–Trinajstić information content (AvgIpc) is 3.11. The Bertz CT molecular complexity index is 1190. The zero-order valence-corrected chi connectivity index (χ0v) is 23.7. The molecule has 1 saturated carbocycles. The smallest absolute Gasteiger partial charge is 0.338 e. The van der Waals surface area contributed by atoms with Gasteiger partial charge in [0.2, 0.25) is 0 Å². The highest BCUT2D eigenvalue weighted by Crippen LogP contribution is 2.48. The van der Waals surface area contributed by atoms with Crippen molar-refractivity contribution < 1.29 is 38.2 Å². The first-order valence-electron chi connectivity index (χ1n) is 13.3. The highest BCUT2D eigenvalue weighted by molar-refractivity contribution is 5.94. The molecule has 0 aliphatic heterocycles. The lowest BCUT2D eigenvalue weighted by atomic mass is 9.76. The molecule has 0 amide bonds. The number of carbonyl (C=O) groups excluding carboxylic acids is 5. The van der Waals surface area contributed by atoms with Crippen LogP contribution < -0.4 is 0 Å². The number of Topliss-reactive ketones (excluding diaryl/α,β-unsaturated/α-hetero) is 2. The molecule has 1 fully saturated rings. The van der Waals surface area contributed by atoms with Crippen molar-refractivity contribution in [3.63, 3.8) is 0 Å². The van der Waals surface area contributed by atoms with Crippen LogP contribution in [-0.4, -0.2) is 47.3 Å². The van der Waals surface area contributed by atoms with Crippen LogP contribution in [0.4, 0.5) is 0 Å². The van der Waals surface area contributed by atoms with Crippen molar-refractivity contribution >= 4 is 29.5 Å². The fraction of sp³-hybridized carbons (Fsp3) is 0.516. The Hall–Kier alpha value is -3.55. The normalized spacial score (nSPS) is 32.9. The van der Waals surface area contributed by atoms with Crippen molar-refractivity contribution in [1.82, 2.24) is 0 Å². The Kier molecular flexibility index (Phi) is 8.98. The van der Waals surface area contributed by atoms with Crippen molar-refractivity contribution in [1.29, 1.82) is 0 Å². The molecular formula is C31H38O8. The van der Waals surface area contributed by atoms with E-state index in [2.05, 4.69) is 0 Å². The summed E-state index contributed by atoms with van der Waals surface area (Å²) in [5.74, 6) is -4.25. The maximum absolute atomic E-state index is 14.1. The van der Waals surface area contributed by atoms with Crippen LogP contribution >= 0.6 is 0 Å². The number of carbonyl (C=O) groups is 5. The van der Waals surface area contributed by atoms with Crippen molar-refractivity contribution in [2.75, 3.05) is 0 Å². The van der Waals surface area contributed by atoms with Gasteiger partial charge >= 0.3 is 17.9 Å². The molecule has 0 spiro atoms. The molecule has 8 heteroatoms. The molecule has 3 rings (SSSR count). The predicted octanol–water partition coefficient (Wildman–Crippen LogP) is 4.81.